The van der Waals surface area contributed by atoms with Gasteiger partial charge in [0.15, 0.2) is 0 Å². The fourth-order valence-corrected chi connectivity index (χ4v) is 2.87. The van der Waals surface area contributed by atoms with E-state index in [1.807, 2.05) is 31.2 Å². The van der Waals surface area contributed by atoms with E-state index >= 15 is 0 Å². The first-order chi connectivity index (χ1) is 11.5. The minimum atomic E-state index is -0.303. The van der Waals surface area contributed by atoms with Crippen molar-refractivity contribution in [3.63, 3.8) is 0 Å². The molecule has 1 atom stereocenters. The Labute approximate surface area is 154 Å². The van der Waals surface area contributed by atoms with E-state index in [1.54, 1.807) is 6.07 Å². The SMILES string of the molecule is CC1Nc2ccccc2NC(=O)/C1=N\Nc1cc(Cl)c(Cl)cc1Cl. The van der Waals surface area contributed by atoms with Crippen molar-refractivity contribution in [2.45, 2.75) is 13.0 Å². The van der Waals surface area contributed by atoms with E-state index in [2.05, 4.69) is 21.2 Å². The van der Waals surface area contributed by atoms with Gasteiger partial charge in [-0.1, -0.05) is 46.9 Å². The van der Waals surface area contributed by atoms with Crippen molar-refractivity contribution in [2.24, 2.45) is 5.10 Å². The molecule has 24 heavy (non-hydrogen) atoms. The maximum absolute atomic E-state index is 12.4. The Bertz CT molecular complexity index is 838. The van der Waals surface area contributed by atoms with Crippen molar-refractivity contribution >= 4 is 63.5 Å². The van der Waals surface area contributed by atoms with Crippen LogP contribution in [0.5, 0.6) is 0 Å². The average molecular weight is 384 g/mol. The zero-order valence-corrected chi connectivity index (χ0v) is 14.8. The number of nitrogens with zero attached hydrogens (tertiary/aromatic N) is 1. The van der Waals surface area contributed by atoms with Crippen molar-refractivity contribution in [3.8, 4) is 0 Å². The van der Waals surface area contributed by atoms with Crippen LogP contribution in [0.2, 0.25) is 15.1 Å². The van der Waals surface area contributed by atoms with Gasteiger partial charge in [-0.15, -0.1) is 0 Å². The van der Waals surface area contributed by atoms with Gasteiger partial charge in [0, 0.05) is 0 Å². The summed E-state index contributed by atoms with van der Waals surface area (Å²) in [6.45, 7) is 1.85. The third-order valence-corrected chi connectivity index (χ3v) is 4.53. The molecule has 0 aromatic heterocycles. The summed E-state index contributed by atoms with van der Waals surface area (Å²) in [6.07, 6.45) is 0. The van der Waals surface area contributed by atoms with Crippen LogP contribution >= 0.6 is 34.8 Å². The normalized spacial score (nSPS) is 18.4. The van der Waals surface area contributed by atoms with E-state index < -0.39 is 0 Å². The van der Waals surface area contributed by atoms with Gasteiger partial charge in [-0.25, -0.2) is 0 Å². The molecule has 0 aliphatic carbocycles. The predicted molar refractivity (Wildman–Crippen MR) is 101 cm³/mol. The summed E-state index contributed by atoms with van der Waals surface area (Å²) in [5.41, 5.74) is 5.05. The van der Waals surface area contributed by atoms with Crippen molar-refractivity contribution in [1.29, 1.82) is 0 Å². The average Bonchev–Trinajstić information content (AvgIpc) is 2.65. The quantitative estimate of drug-likeness (QED) is 0.512. The van der Waals surface area contributed by atoms with Crippen LogP contribution in [0.4, 0.5) is 17.1 Å². The Morgan fingerprint density at radius 3 is 2.46 bits per heavy atom. The molecule has 124 valence electrons. The molecule has 2 aromatic carbocycles. The third kappa shape index (κ3) is 3.43. The molecule has 1 amide bonds. The highest BCUT2D eigenvalue weighted by Crippen LogP contribution is 2.32. The van der Waals surface area contributed by atoms with Crippen molar-refractivity contribution < 1.29 is 4.79 Å². The van der Waals surface area contributed by atoms with Gasteiger partial charge in [0.2, 0.25) is 0 Å². The first-order valence-electron chi connectivity index (χ1n) is 7.11. The van der Waals surface area contributed by atoms with Crippen LogP contribution in [-0.4, -0.2) is 17.7 Å². The molecular formula is C16H13Cl3N4O. The molecule has 0 radical (unpaired) electrons. The largest absolute Gasteiger partial charge is 0.375 e. The van der Waals surface area contributed by atoms with Gasteiger partial charge in [-0.05, 0) is 31.2 Å². The summed E-state index contributed by atoms with van der Waals surface area (Å²) < 4.78 is 0. The number of fused-ring (bicyclic) bond motifs is 1. The molecule has 1 heterocycles. The molecule has 0 saturated heterocycles. The topological polar surface area (TPSA) is 65.5 Å². The van der Waals surface area contributed by atoms with Crippen LogP contribution in [-0.2, 0) is 4.79 Å². The summed E-state index contributed by atoms with van der Waals surface area (Å²) in [5.74, 6) is -0.302. The Hall–Kier alpha value is -1.95. The molecule has 2 aromatic rings. The number of hydrazone groups is 1. The van der Waals surface area contributed by atoms with Crippen LogP contribution in [0.15, 0.2) is 41.5 Å². The molecule has 5 nitrogen and oxygen atoms in total. The van der Waals surface area contributed by atoms with Crippen LogP contribution in [0.25, 0.3) is 0 Å². The second-order valence-corrected chi connectivity index (χ2v) is 6.44. The van der Waals surface area contributed by atoms with Crippen molar-refractivity contribution in [3.05, 3.63) is 51.5 Å². The van der Waals surface area contributed by atoms with E-state index in [9.17, 15) is 4.79 Å². The summed E-state index contributed by atoms with van der Waals surface area (Å²) in [7, 11) is 0. The number of nitrogens with one attached hydrogen (secondary N) is 3. The molecule has 0 spiro atoms. The third-order valence-electron chi connectivity index (χ3n) is 3.50. The predicted octanol–water partition coefficient (Wildman–Crippen LogP) is 4.87. The molecule has 1 aliphatic rings. The maximum atomic E-state index is 12.4. The van der Waals surface area contributed by atoms with Gasteiger partial charge in [0.05, 0.1) is 38.2 Å². The lowest BCUT2D eigenvalue weighted by molar-refractivity contribution is -0.110. The summed E-state index contributed by atoms with van der Waals surface area (Å²) >= 11 is 18.0. The molecule has 3 N–H and O–H groups in total. The number of carbonyl (C=O) groups excluding carboxylic acids is 1. The fraction of sp³-hybridized carbons (Fsp3) is 0.125. The number of benzene rings is 2. The smallest absolute Gasteiger partial charge is 0.274 e. The number of carbonyl (C=O) groups is 1. The minimum absolute atomic E-state index is 0.285. The number of hydrogen-bond acceptors (Lipinski definition) is 4. The summed E-state index contributed by atoms with van der Waals surface area (Å²) in [4.78, 5) is 12.4. The highest BCUT2D eigenvalue weighted by Gasteiger charge is 2.24. The lowest BCUT2D eigenvalue weighted by Gasteiger charge is -2.13. The van der Waals surface area contributed by atoms with Gasteiger partial charge < -0.3 is 10.6 Å². The molecule has 0 bridgehead atoms. The molecule has 0 saturated carbocycles. The van der Waals surface area contributed by atoms with Gasteiger partial charge in [0.25, 0.3) is 5.91 Å². The highest BCUT2D eigenvalue weighted by molar-refractivity contribution is 6.46. The van der Waals surface area contributed by atoms with Gasteiger partial charge in [-0.3, -0.25) is 10.2 Å². The number of anilines is 3. The lowest BCUT2D eigenvalue weighted by atomic mass is 10.2. The molecular weight excluding hydrogens is 371 g/mol. The number of rotatable bonds is 2. The Morgan fingerprint density at radius 2 is 1.71 bits per heavy atom. The summed E-state index contributed by atoms with van der Waals surface area (Å²) in [6, 6.07) is 10.2. The van der Waals surface area contributed by atoms with E-state index in [4.69, 9.17) is 34.8 Å². The Morgan fingerprint density at radius 1 is 1.04 bits per heavy atom. The minimum Gasteiger partial charge on any atom is -0.375 e. The Kier molecular flexibility index (Phi) is 4.85. The van der Waals surface area contributed by atoms with Crippen LogP contribution < -0.4 is 16.1 Å². The van der Waals surface area contributed by atoms with Crippen LogP contribution in [0, 0.1) is 0 Å². The summed E-state index contributed by atoms with van der Waals surface area (Å²) in [5, 5.41) is 11.3. The molecule has 3 rings (SSSR count). The second kappa shape index (κ2) is 6.89. The number of para-hydroxylation sites is 2. The molecule has 8 heteroatoms. The van der Waals surface area contributed by atoms with Crippen LogP contribution in [0.1, 0.15) is 6.92 Å². The van der Waals surface area contributed by atoms with E-state index in [-0.39, 0.29) is 17.7 Å². The lowest BCUT2D eigenvalue weighted by Crippen LogP contribution is -2.34. The zero-order chi connectivity index (χ0) is 17.3. The number of hydrogen-bond donors (Lipinski definition) is 3. The van der Waals surface area contributed by atoms with Crippen molar-refractivity contribution in [1.82, 2.24) is 0 Å². The van der Waals surface area contributed by atoms with Gasteiger partial charge in [0.1, 0.15) is 5.71 Å². The highest BCUT2D eigenvalue weighted by atomic mass is 35.5. The van der Waals surface area contributed by atoms with Gasteiger partial charge in [-0.2, -0.15) is 5.10 Å². The van der Waals surface area contributed by atoms with Crippen LogP contribution in [0.3, 0.4) is 0 Å². The second-order valence-electron chi connectivity index (χ2n) is 5.22. The molecule has 1 aliphatic heterocycles. The van der Waals surface area contributed by atoms with E-state index in [1.165, 1.54) is 6.07 Å². The first kappa shape index (κ1) is 16.9. The maximum Gasteiger partial charge on any atom is 0.274 e. The zero-order valence-electron chi connectivity index (χ0n) is 12.5. The number of amides is 1. The monoisotopic (exact) mass is 382 g/mol. The standard InChI is InChI=1S/C16H13Cl3N4O/c1-8-15(16(24)21-13-5-3-2-4-12(13)20-8)23-22-14-7-10(18)9(17)6-11(14)19/h2-8,20,22H,1H3,(H,21,24)/b23-15-. The Balaban J connectivity index is 1.88. The molecule has 0 fully saturated rings. The number of halogens is 3. The molecule has 1 unspecified atom stereocenters. The fourth-order valence-electron chi connectivity index (χ4n) is 2.28. The first-order valence-corrected chi connectivity index (χ1v) is 8.24. The van der Waals surface area contributed by atoms with E-state index in [0.717, 1.165) is 5.69 Å². The van der Waals surface area contributed by atoms with E-state index in [0.29, 0.717) is 26.4 Å². The van der Waals surface area contributed by atoms with Crippen molar-refractivity contribution in [2.75, 3.05) is 16.1 Å². The van der Waals surface area contributed by atoms with Gasteiger partial charge >= 0.3 is 0 Å².